The Bertz CT molecular complexity index is 402. The molecule has 0 bridgehead atoms. The van der Waals surface area contributed by atoms with Gasteiger partial charge >= 0.3 is 6.01 Å². The van der Waals surface area contributed by atoms with Crippen LogP contribution in [-0.4, -0.2) is 26.5 Å². The molecule has 0 aliphatic carbocycles. The average Bonchev–Trinajstić information content (AvgIpc) is 2.05. The van der Waals surface area contributed by atoms with Crippen molar-refractivity contribution in [1.29, 1.82) is 0 Å². The van der Waals surface area contributed by atoms with Gasteiger partial charge in [0.25, 0.3) is 0 Å². The third kappa shape index (κ3) is 5.82. The predicted octanol–water partition coefficient (Wildman–Crippen LogP) is 3.54. The number of aromatic nitrogens is 2. The van der Waals surface area contributed by atoms with Crippen LogP contribution in [0.4, 0.5) is 5.82 Å². The van der Waals surface area contributed by atoms with Crippen LogP contribution < -0.4 is 9.41 Å². The first kappa shape index (κ1) is 14.9. The van der Waals surface area contributed by atoms with E-state index in [1.165, 1.54) is 0 Å². The Morgan fingerprint density at radius 2 is 1.76 bits per heavy atom. The van der Waals surface area contributed by atoms with Crippen LogP contribution in [0, 0.1) is 3.57 Å². The molecule has 96 valence electrons. The highest BCUT2D eigenvalue weighted by atomic mass is 127. The Hall–Kier alpha value is -0.156. The minimum absolute atomic E-state index is 0.491. The van der Waals surface area contributed by atoms with Crippen LogP contribution in [0.2, 0.25) is 39.3 Å². The molecule has 0 fully saturated rings. The number of nitrogens with zero attached hydrogens (tertiary/aromatic N) is 2. The third-order valence-corrected chi connectivity index (χ3v) is 4.18. The average molecular weight is 381 g/mol. The highest BCUT2D eigenvalue weighted by Gasteiger charge is 2.20. The van der Waals surface area contributed by atoms with Gasteiger partial charge < -0.3 is 9.41 Å². The number of hydrogen-bond acceptors (Lipinski definition) is 4. The minimum atomic E-state index is -1.64. The van der Waals surface area contributed by atoms with Gasteiger partial charge in [0, 0.05) is 6.20 Å². The lowest BCUT2D eigenvalue weighted by Gasteiger charge is -2.21. The minimum Gasteiger partial charge on any atom is -0.518 e. The number of rotatable bonds is 4. The van der Waals surface area contributed by atoms with Crippen molar-refractivity contribution in [3.63, 3.8) is 0 Å². The fourth-order valence-electron chi connectivity index (χ4n) is 1.12. The summed E-state index contributed by atoms with van der Waals surface area (Å²) in [7, 11) is -3.04. The molecule has 1 aromatic rings. The van der Waals surface area contributed by atoms with Crippen molar-refractivity contribution in [2.75, 3.05) is 4.98 Å². The summed E-state index contributed by atoms with van der Waals surface area (Å²) in [6, 6.07) is 0.491. The molecule has 7 heteroatoms. The van der Waals surface area contributed by atoms with Crippen LogP contribution in [0.15, 0.2) is 6.20 Å². The van der Waals surface area contributed by atoms with E-state index >= 15 is 0 Å². The van der Waals surface area contributed by atoms with E-state index in [2.05, 4.69) is 76.8 Å². The SMILES string of the molecule is C[Si](C)(C)Nc1nc(O[Si](C)(C)C)ncc1I. The van der Waals surface area contributed by atoms with Crippen LogP contribution in [0.3, 0.4) is 0 Å². The summed E-state index contributed by atoms with van der Waals surface area (Å²) in [5.74, 6) is 0.896. The highest BCUT2D eigenvalue weighted by molar-refractivity contribution is 14.1. The molecule has 1 aromatic heterocycles. The van der Waals surface area contributed by atoms with E-state index in [-0.39, 0.29) is 0 Å². The van der Waals surface area contributed by atoms with Crippen molar-refractivity contribution >= 4 is 45.0 Å². The first-order valence-electron chi connectivity index (χ1n) is 5.56. The topological polar surface area (TPSA) is 47.0 Å². The van der Waals surface area contributed by atoms with Crippen molar-refractivity contribution in [3.8, 4) is 6.01 Å². The van der Waals surface area contributed by atoms with Gasteiger partial charge in [0.1, 0.15) is 14.1 Å². The van der Waals surface area contributed by atoms with Gasteiger partial charge in [0.15, 0.2) is 0 Å². The van der Waals surface area contributed by atoms with Gasteiger partial charge in [0.2, 0.25) is 8.32 Å². The van der Waals surface area contributed by atoms with Crippen molar-refractivity contribution < 1.29 is 4.43 Å². The zero-order valence-electron chi connectivity index (χ0n) is 11.3. The molecule has 0 radical (unpaired) electrons. The Morgan fingerprint density at radius 3 is 2.24 bits per heavy atom. The number of anilines is 1. The zero-order chi connectivity index (χ0) is 13.3. The second-order valence-corrected chi connectivity index (χ2v) is 16.3. The van der Waals surface area contributed by atoms with Gasteiger partial charge in [-0.15, -0.1) is 0 Å². The van der Waals surface area contributed by atoms with Crippen molar-refractivity contribution in [2.45, 2.75) is 39.3 Å². The molecule has 0 aliphatic rings. The standard InChI is InChI=1S/C10H20IN3OSi2/c1-16(2,3)14-9-8(11)7-12-10(13-9)15-17(4,5)6/h7H,1-6H3,(H,12,13,14). The number of nitrogens with one attached hydrogen (secondary N) is 1. The first-order chi connectivity index (χ1) is 7.57. The fourth-order valence-corrected chi connectivity index (χ4v) is 3.31. The zero-order valence-corrected chi connectivity index (χ0v) is 15.4. The van der Waals surface area contributed by atoms with Gasteiger partial charge in [-0.2, -0.15) is 4.98 Å². The summed E-state index contributed by atoms with van der Waals surface area (Å²) in [4.78, 5) is 12.2. The molecule has 17 heavy (non-hydrogen) atoms. The Labute approximate surface area is 119 Å². The van der Waals surface area contributed by atoms with Gasteiger partial charge in [-0.1, -0.05) is 19.6 Å². The van der Waals surface area contributed by atoms with Crippen LogP contribution in [0.25, 0.3) is 0 Å². The van der Waals surface area contributed by atoms with Crippen molar-refractivity contribution in [2.24, 2.45) is 0 Å². The molecular formula is C10H20IN3OSi2. The molecule has 0 amide bonds. The highest BCUT2D eigenvalue weighted by Crippen LogP contribution is 2.21. The van der Waals surface area contributed by atoms with E-state index in [4.69, 9.17) is 4.43 Å². The van der Waals surface area contributed by atoms with Gasteiger partial charge in [0.05, 0.1) is 3.57 Å². The van der Waals surface area contributed by atoms with Crippen molar-refractivity contribution in [1.82, 2.24) is 9.97 Å². The van der Waals surface area contributed by atoms with Crippen LogP contribution in [-0.2, 0) is 0 Å². The van der Waals surface area contributed by atoms with Crippen LogP contribution in [0.5, 0.6) is 6.01 Å². The fraction of sp³-hybridized carbons (Fsp3) is 0.600. The largest absolute Gasteiger partial charge is 0.518 e. The smallest absolute Gasteiger partial charge is 0.304 e. The predicted molar refractivity (Wildman–Crippen MR) is 85.7 cm³/mol. The molecule has 0 atom stereocenters. The maximum atomic E-state index is 5.80. The quantitative estimate of drug-likeness (QED) is 0.640. The summed E-state index contributed by atoms with van der Waals surface area (Å²) in [5, 5.41) is 0. The Balaban J connectivity index is 2.95. The molecule has 0 aliphatic heterocycles. The Kier molecular flexibility index (Phi) is 4.58. The maximum absolute atomic E-state index is 5.80. The normalized spacial score (nSPS) is 12.4. The van der Waals surface area contributed by atoms with Gasteiger partial charge in [-0.25, -0.2) is 4.98 Å². The summed E-state index contributed by atoms with van der Waals surface area (Å²) in [5.41, 5.74) is 0. The van der Waals surface area contributed by atoms with E-state index < -0.39 is 16.6 Å². The molecule has 0 aromatic carbocycles. The van der Waals surface area contributed by atoms with Crippen LogP contribution in [0.1, 0.15) is 0 Å². The molecule has 1 N–H and O–H groups in total. The summed E-state index contributed by atoms with van der Waals surface area (Å²) in [6.45, 7) is 13.1. The van der Waals surface area contributed by atoms with E-state index in [1.807, 2.05) is 6.20 Å². The third-order valence-electron chi connectivity index (χ3n) is 1.61. The van der Waals surface area contributed by atoms with Crippen LogP contribution >= 0.6 is 22.6 Å². The second kappa shape index (κ2) is 5.23. The lowest BCUT2D eigenvalue weighted by atomic mass is 10.6. The molecular weight excluding hydrogens is 361 g/mol. The summed E-state index contributed by atoms with van der Waals surface area (Å²) < 4.78 is 6.84. The molecule has 0 spiro atoms. The lowest BCUT2D eigenvalue weighted by Crippen LogP contribution is -2.34. The molecule has 1 rings (SSSR count). The molecule has 0 saturated carbocycles. The summed E-state index contributed by atoms with van der Waals surface area (Å²) >= 11 is 2.24. The number of halogens is 1. The Morgan fingerprint density at radius 1 is 1.18 bits per heavy atom. The second-order valence-electron chi connectivity index (χ2n) is 5.94. The van der Waals surface area contributed by atoms with Gasteiger partial charge in [-0.05, 0) is 42.2 Å². The van der Waals surface area contributed by atoms with Crippen molar-refractivity contribution in [3.05, 3.63) is 9.77 Å². The van der Waals surface area contributed by atoms with E-state index in [0.29, 0.717) is 6.01 Å². The maximum Gasteiger partial charge on any atom is 0.304 e. The van der Waals surface area contributed by atoms with E-state index in [0.717, 1.165) is 9.39 Å². The molecule has 0 unspecified atom stereocenters. The van der Waals surface area contributed by atoms with Gasteiger partial charge in [-0.3, -0.25) is 0 Å². The molecule has 4 nitrogen and oxygen atoms in total. The summed E-state index contributed by atoms with van der Waals surface area (Å²) in [6.07, 6.45) is 1.81. The van der Waals surface area contributed by atoms with E-state index in [1.54, 1.807) is 0 Å². The molecule has 1 heterocycles. The van der Waals surface area contributed by atoms with E-state index in [9.17, 15) is 0 Å². The number of hydrogen-bond donors (Lipinski definition) is 1. The first-order valence-corrected chi connectivity index (χ1v) is 13.6. The molecule has 0 saturated heterocycles. The monoisotopic (exact) mass is 381 g/mol. The lowest BCUT2D eigenvalue weighted by molar-refractivity contribution is 0.509.